The molecule has 5 heteroatoms. The van der Waals surface area contributed by atoms with Crippen molar-refractivity contribution in [1.82, 2.24) is 0 Å². The van der Waals surface area contributed by atoms with Crippen LogP contribution in [0.2, 0.25) is 0 Å². The summed E-state index contributed by atoms with van der Waals surface area (Å²) >= 11 is 0. The lowest BCUT2D eigenvalue weighted by atomic mass is 9.91. The number of carbonyl (C=O) groups excluding carboxylic acids is 1. The lowest BCUT2D eigenvalue weighted by molar-refractivity contribution is -0.118. The molecule has 0 saturated heterocycles. The predicted molar refractivity (Wildman–Crippen MR) is 82.2 cm³/mol. The van der Waals surface area contributed by atoms with E-state index in [0.717, 1.165) is 11.1 Å². The molecule has 2 N–H and O–H groups in total. The van der Waals surface area contributed by atoms with Crippen LogP contribution < -0.4 is 5.32 Å². The first-order chi connectivity index (χ1) is 11.1. The zero-order chi connectivity index (χ0) is 16.2. The molecule has 1 fully saturated rings. The Balaban J connectivity index is 1.76. The molecule has 23 heavy (non-hydrogen) atoms. The maximum atomic E-state index is 12.5. The molecule has 1 amide bonds. The monoisotopic (exact) mass is 304 g/mol. The first-order valence-electron chi connectivity index (χ1n) is 7.25. The van der Waals surface area contributed by atoms with Gasteiger partial charge in [0.1, 0.15) is 0 Å². The number of carboxylic acid groups (broad SMARTS) is 1. The third kappa shape index (κ3) is 1.78. The van der Waals surface area contributed by atoms with Gasteiger partial charge in [-0.15, -0.1) is 0 Å². The Morgan fingerprint density at radius 2 is 2.00 bits per heavy atom. The van der Waals surface area contributed by atoms with Gasteiger partial charge in [0.15, 0.2) is 0 Å². The number of anilines is 1. The maximum Gasteiger partial charge on any atom is 0.335 e. The highest BCUT2D eigenvalue weighted by Gasteiger charge is 2.65. The first-order valence-corrected chi connectivity index (χ1v) is 7.25. The van der Waals surface area contributed by atoms with Gasteiger partial charge in [0, 0.05) is 11.6 Å². The van der Waals surface area contributed by atoms with E-state index in [1.165, 1.54) is 6.07 Å². The van der Waals surface area contributed by atoms with Crippen molar-refractivity contribution in [2.45, 2.75) is 17.8 Å². The summed E-state index contributed by atoms with van der Waals surface area (Å²) in [5.41, 5.74) is 2.54. The maximum absolute atomic E-state index is 12.5. The van der Waals surface area contributed by atoms with E-state index in [2.05, 4.69) is 11.4 Å². The van der Waals surface area contributed by atoms with Gasteiger partial charge in [0.2, 0.25) is 5.91 Å². The van der Waals surface area contributed by atoms with Gasteiger partial charge in [-0.2, -0.15) is 5.26 Å². The number of aromatic carboxylic acids is 1. The van der Waals surface area contributed by atoms with Crippen molar-refractivity contribution in [3.8, 4) is 6.07 Å². The molecule has 2 aliphatic rings. The number of hydrogen-bond acceptors (Lipinski definition) is 3. The van der Waals surface area contributed by atoms with Crippen LogP contribution in [-0.2, 0) is 10.2 Å². The van der Waals surface area contributed by atoms with Crippen molar-refractivity contribution in [1.29, 1.82) is 5.26 Å². The molecule has 4 rings (SSSR count). The second-order valence-electron chi connectivity index (χ2n) is 5.98. The summed E-state index contributed by atoms with van der Waals surface area (Å²) in [6.45, 7) is 0. The van der Waals surface area contributed by atoms with Gasteiger partial charge < -0.3 is 10.4 Å². The number of hydrogen-bond donors (Lipinski definition) is 2. The third-order valence-corrected chi connectivity index (χ3v) is 4.80. The minimum atomic E-state index is -1.00. The summed E-state index contributed by atoms with van der Waals surface area (Å²) in [6, 6.07) is 14.0. The summed E-state index contributed by atoms with van der Waals surface area (Å²) in [7, 11) is 0. The lowest BCUT2D eigenvalue weighted by Gasteiger charge is -2.09. The number of rotatable bonds is 2. The van der Waals surface area contributed by atoms with Crippen molar-refractivity contribution in [3.63, 3.8) is 0 Å². The van der Waals surface area contributed by atoms with Crippen LogP contribution in [0, 0.1) is 11.3 Å². The van der Waals surface area contributed by atoms with Gasteiger partial charge in [0.25, 0.3) is 0 Å². The van der Waals surface area contributed by atoms with E-state index in [1.54, 1.807) is 24.3 Å². The summed E-state index contributed by atoms with van der Waals surface area (Å²) < 4.78 is 0. The molecule has 1 aliphatic heterocycles. The molecule has 112 valence electrons. The summed E-state index contributed by atoms with van der Waals surface area (Å²) in [5.74, 6) is -1.07. The van der Waals surface area contributed by atoms with Gasteiger partial charge in [-0.3, -0.25) is 4.79 Å². The number of benzene rings is 2. The second-order valence-corrected chi connectivity index (χ2v) is 5.98. The molecule has 5 nitrogen and oxygen atoms in total. The average molecular weight is 304 g/mol. The smallest absolute Gasteiger partial charge is 0.335 e. The summed E-state index contributed by atoms with van der Waals surface area (Å²) in [6.07, 6.45) is 0.654. The van der Waals surface area contributed by atoms with Crippen molar-refractivity contribution in [2.75, 3.05) is 5.32 Å². The lowest BCUT2D eigenvalue weighted by Crippen LogP contribution is -2.21. The van der Waals surface area contributed by atoms with Gasteiger partial charge >= 0.3 is 5.97 Å². The van der Waals surface area contributed by atoms with Gasteiger partial charge in [-0.1, -0.05) is 12.1 Å². The van der Waals surface area contributed by atoms with Gasteiger partial charge in [0.05, 0.1) is 22.6 Å². The Kier molecular flexibility index (Phi) is 2.61. The Hall–Kier alpha value is -3.13. The minimum absolute atomic E-state index is 0.0144. The molecule has 1 heterocycles. The zero-order valence-electron chi connectivity index (χ0n) is 12.0. The highest BCUT2D eigenvalue weighted by Crippen LogP contribution is 2.64. The molecule has 1 spiro atoms. The molecule has 1 aliphatic carbocycles. The number of nitrogens with one attached hydrogen (secondary N) is 1. The molecular formula is C18H12N2O3. The highest BCUT2D eigenvalue weighted by atomic mass is 16.4. The Morgan fingerprint density at radius 1 is 1.26 bits per heavy atom. The van der Waals surface area contributed by atoms with Crippen LogP contribution in [0.25, 0.3) is 0 Å². The van der Waals surface area contributed by atoms with Crippen LogP contribution in [0.5, 0.6) is 0 Å². The highest BCUT2D eigenvalue weighted by molar-refractivity contribution is 6.10. The predicted octanol–water partition coefficient (Wildman–Crippen LogP) is 2.63. The van der Waals surface area contributed by atoms with E-state index < -0.39 is 11.4 Å². The van der Waals surface area contributed by atoms with Crippen molar-refractivity contribution >= 4 is 17.6 Å². The van der Waals surface area contributed by atoms with Crippen molar-refractivity contribution in [2.24, 2.45) is 0 Å². The molecular weight excluding hydrogens is 292 g/mol. The molecule has 2 aromatic rings. The van der Waals surface area contributed by atoms with Gasteiger partial charge in [-0.25, -0.2) is 4.79 Å². The average Bonchev–Trinajstić information content (AvgIpc) is 3.25. The van der Waals surface area contributed by atoms with E-state index in [4.69, 9.17) is 5.26 Å². The quantitative estimate of drug-likeness (QED) is 0.892. The van der Waals surface area contributed by atoms with Crippen LogP contribution in [0.15, 0.2) is 42.5 Å². The standard InChI is InChI=1S/C18H12N2O3/c19-9-10-1-3-11(4-2-10)14-8-18(14)13-7-12(16(21)22)5-6-15(13)20-17(18)23/h1-7,14H,8H2,(H,20,23)(H,21,22)/t14-,18?/m0/s1. The van der Waals surface area contributed by atoms with Gasteiger partial charge in [-0.05, 0) is 47.9 Å². The fourth-order valence-corrected chi connectivity index (χ4v) is 3.52. The van der Waals surface area contributed by atoms with E-state index in [-0.39, 0.29) is 17.4 Å². The fraction of sp³-hybridized carbons (Fsp3) is 0.167. The third-order valence-electron chi connectivity index (χ3n) is 4.80. The number of carboxylic acids is 1. The van der Waals surface area contributed by atoms with Crippen LogP contribution in [0.1, 0.15) is 39.4 Å². The minimum Gasteiger partial charge on any atom is -0.478 e. The van der Waals surface area contributed by atoms with Crippen LogP contribution >= 0.6 is 0 Å². The van der Waals surface area contributed by atoms with E-state index in [9.17, 15) is 14.7 Å². The molecule has 1 unspecified atom stereocenters. The molecule has 0 aromatic heterocycles. The summed E-state index contributed by atoms with van der Waals surface area (Å²) in [4.78, 5) is 23.7. The molecule has 0 radical (unpaired) electrons. The van der Waals surface area contributed by atoms with Crippen molar-refractivity contribution in [3.05, 3.63) is 64.7 Å². The number of nitrogens with zero attached hydrogens (tertiary/aromatic N) is 1. The van der Waals surface area contributed by atoms with E-state index in [1.807, 2.05) is 12.1 Å². The largest absolute Gasteiger partial charge is 0.478 e. The second kappa shape index (κ2) is 4.43. The van der Waals surface area contributed by atoms with E-state index >= 15 is 0 Å². The van der Waals surface area contributed by atoms with Crippen LogP contribution in [0.4, 0.5) is 5.69 Å². The Bertz CT molecular complexity index is 895. The Morgan fingerprint density at radius 3 is 2.65 bits per heavy atom. The molecule has 1 saturated carbocycles. The van der Waals surface area contributed by atoms with E-state index in [0.29, 0.717) is 17.7 Å². The molecule has 0 bridgehead atoms. The molecule has 2 aromatic carbocycles. The normalized spacial score (nSPS) is 24.0. The fourth-order valence-electron chi connectivity index (χ4n) is 3.52. The molecule has 2 atom stereocenters. The number of amides is 1. The number of carbonyl (C=O) groups is 2. The van der Waals surface area contributed by atoms with Crippen LogP contribution in [0.3, 0.4) is 0 Å². The SMILES string of the molecule is N#Cc1ccc([C@@H]2CC23C(=O)Nc2ccc(C(=O)O)cc23)cc1. The van der Waals surface area contributed by atoms with Crippen LogP contribution in [-0.4, -0.2) is 17.0 Å². The first kappa shape index (κ1) is 13.5. The zero-order valence-corrected chi connectivity index (χ0v) is 12.0. The van der Waals surface area contributed by atoms with Crippen molar-refractivity contribution < 1.29 is 14.7 Å². The number of nitriles is 1. The topological polar surface area (TPSA) is 90.2 Å². The summed E-state index contributed by atoms with van der Waals surface area (Å²) in [5, 5.41) is 20.9. The number of fused-ring (bicyclic) bond motifs is 2. The Labute approximate surface area is 132 Å².